The molecule has 0 unspecified atom stereocenters. The summed E-state index contributed by atoms with van der Waals surface area (Å²) in [5.41, 5.74) is 1.20. The summed E-state index contributed by atoms with van der Waals surface area (Å²) in [5.74, 6) is 1.60. The minimum Gasteiger partial charge on any atom is -0.360 e. The molecule has 0 saturated heterocycles. The van der Waals surface area contributed by atoms with Gasteiger partial charge in [-0.2, -0.15) is 0 Å². The van der Waals surface area contributed by atoms with Crippen molar-refractivity contribution in [2.24, 2.45) is 5.92 Å². The molecule has 3 aromatic rings. The van der Waals surface area contributed by atoms with E-state index in [1.807, 2.05) is 6.92 Å². The number of nitrogens with one attached hydrogen (secondary N) is 1. The van der Waals surface area contributed by atoms with E-state index in [2.05, 4.69) is 17.4 Å². The third kappa shape index (κ3) is 3.60. The molecule has 0 spiro atoms. The Bertz CT molecular complexity index is 1100. The van der Waals surface area contributed by atoms with E-state index in [-0.39, 0.29) is 17.2 Å². The second kappa shape index (κ2) is 7.71. The number of thiophene rings is 1. The van der Waals surface area contributed by atoms with Crippen LogP contribution in [0.5, 0.6) is 0 Å². The van der Waals surface area contributed by atoms with Crippen molar-refractivity contribution in [3.05, 3.63) is 32.6 Å². The minimum atomic E-state index is -0.213. The lowest BCUT2D eigenvalue weighted by atomic mass is 9.89. The molecule has 9 heteroatoms. The molecule has 1 atom stereocenters. The summed E-state index contributed by atoms with van der Waals surface area (Å²) in [6.07, 6.45) is 3.08. The first-order chi connectivity index (χ1) is 13.5. The van der Waals surface area contributed by atoms with Crippen LogP contribution in [0.15, 0.2) is 20.5 Å². The number of aromatic nitrogens is 3. The topological polar surface area (TPSA) is 90.0 Å². The highest BCUT2D eigenvalue weighted by molar-refractivity contribution is 7.99. The molecular weight excluding hydrogens is 396 g/mol. The maximum atomic E-state index is 13.1. The van der Waals surface area contributed by atoms with Crippen LogP contribution >= 0.6 is 23.1 Å². The molecule has 1 aliphatic rings. The van der Waals surface area contributed by atoms with E-state index >= 15 is 0 Å². The fourth-order valence-electron chi connectivity index (χ4n) is 3.53. The zero-order chi connectivity index (χ0) is 19.8. The fraction of sp³-hybridized carbons (Fsp3) is 0.474. The number of carbonyl (C=O) groups is 1. The first-order valence-electron chi connectivity index (χ1n) is 9.37. The lowest BCUT2D eigenvalue weighted by Gasteiger charge is -2.17. The van der Waals surface area contributed by atoms with Gasteiger partial charge in [0.2, 0.25) is 5.91 Å². The quantitative estimate of drug-likeness (QED) is 0.503. The second-order valence-electron chi connectivity index (χ2n) is 7.14. The number of anilines is 1. The third-order valence-corrected chi connectivity index (χ3v) is 7.05. The molecule has 4 rings (SSSR count). The van der Waals surface area contributed by atoms with Crippen molar-refractivity contribution in [2.75, 3.05) is 11.1 Å². The number of aryl methyl sites for hydroxylation is 2. The summed E-state index contributed by atoms with van der Waals surface area (Å²) in [4.78, 5) is 32.2. The molecule has 3 aromatic heterocycles. The Morgan fingerprint density at radius 2 is 2.32 bits per heavy atom. The van der Waals surface area contributed by atoms with Gasteiger partial charge in [0.05, 0.1) is 11.1 Å². The number of nitrogens with zero attached hydrogens (tertiary/aromatic N) is 3. The van der Waals surface area contributed by atoms with Crippen molar-refractivity contribution < 1.29 is 9.32 Å². The molecule has 0 fully saturated rings. The Hall–Kier alpha value is -2.13. The lowest BCUT2D eigenvalue weighted by molar-refractivity contribution is -0.113. The highest BCUT2D eigenvalue weighted by Gasteiger charge is 2.24. The zero-order valence-electron chi connectivity index (χ0n) is 16.1. The molecule has 1 aliphatic carbocycles. The molecule has 0 aromatic carbocycles. The molecule has 0 saturated carbocycles. The predicted molar refractivity (Wildman–Crippen MR) is 111 cm³/mol. The normalized spacial score (nSPS) is 16.3. The van der Waals surface area contributed by atoms with E-state index in [4.69, 9.17) is 9.51 Å². The highest BCUT2D eigenvalue weighted by atomic mass is 32.2. The van der Waals surface area contributed by atoms with Crippen LogP contribution in [0.4, 0.5) is 5.82 Å². The largest absolute Gasteiger partial charge is 0.360 e. The minimum absolute atomic E-state index is 0.00888. The number of thioether (sulfide) groups is 1. The smallest absolute Gasteiger partial charge is 0.263 e. The van der Waals surface area contributed by atoms with Crippen LogP contribution in [0.25, 0.3) is 10.2 Å². The van der Waals surface area contributed by atoms with Gasteiger partial charge in [-0.25, -0.2) is 4.98 Å². The van der Waals surface area contributed by atoms with Gasteiger partial charge in [-0.1, -0.05) is 23.8 Å². The Kier molecular flexibility index (Phi) is 5.29. The molecule has 148 valence electrons. The standard InChI is InChI=1S/C19H22N4O3S2/c1-4-23-18(25)16-12-6-5-10(2)7-13(12)28-17(16)21-19(23)27-9-15(24)20-14-8-11(3)26-22-14/h8,10H,4-7,9H2,1-3H3,(H,20,22,24)/t10-/m0/s1. The zero-order valence-corrected chi connectivity index (χ0v) is 17.7. The van der Waals surface area contributed by atoms with Crippen LogP contribution in [0.1, 0.15) is 36.5 Å². The van der Waals surface area contributed by atoms with E-state index in [1.165, 1.54) is 22.2 Å². The highest BCUT2D eigenvalue weighted by Crippen LogP contribution is 2.36. The van der Waals surface area contributed by atoms with Crippen molar-refractivity contribution in [3.8, 4) is 0 Å². The molecule has 0 aliphatic heterocycles. The number of fused-ring (bicyclic) bond motifs is 3. The van der Waals surface area contributed by atoms with Gasteiger partial charge in [-0.05, 0) is 44.6 Å². The van der Waals surface area contributed by atoms with E-state index in [1.54, 1.807) is 28.9 Å². The Labute approximate surface area is 170 Å². The molecular formula is C19H22N4O3S2. The van der Waals surface area contributed by atoms with E-state index in [0.29, 0.717) is 29.2 Å². The van der Waals surface area contributed by atoms with Crippen molar-refractivity contribution in [1.82, 2.24) is 14.7 Å². The molecule has 1 N–H and O–H groups in total. The molecule has 0 radical (unpaired) electrons. The predicted octanol–water partition coefficient (Wildman–Crippen LogP) is 3.63. The van der Waals surface area contributed by atoms with Crippen LogP contribution in [-0.2, 0) is 24.2 Å². The van der Waals surface area contributed by atoms with Gasteiger partial charge in [0.15, 0.2) is 11.0 Å². The van der Waals surface area contributed by atoms with Gasteiger partial charge in [0, 0.05) is 17.5 Å². The molecule has 0 bridgehead atoms. The van der Waals surface area contributed by atoms with Gasteiger partial charge in [-0.3, -0.25) is 14.2 Å². The maximum Gasteiger partial charge on any atom is 0.263 e. The number of hydrogen-bond donors (Lipinski definition) is 1. The summed E-state index contributed by atoms with van der Waals surface area (Å²) in [6.45, 7) is 6.46. The van der Waals surface area contributed by atoms with Crippen LogP contribution in [0.2, 0.25) is 0 Å². The number of amides is 1. The van der Waals surface area contributed by atoms with Gasteiger partial charge in [0.1, 0.15) is 10.6 Å². The first-order valence-corrected chi connectivity index (χ1v) is 11.2. The maximum absolute atomic E-state index is 13.1. The molecule has 7 nitrogen and oxygen atoms in total. The van der Waals surface area contributed by atoms with E-state index in [9.17, 15) is 9.59 Å². The Balaban J connectivity index is 1.60. The molecule has 1 amide bonds. The Morgan fingerprint density at radius 1 is 1.50 bits per heavy atom. The molecule has 28 heavy (non-hydrogen) atoms. The van der Waals surface area contributed by atoms with Crippen molar-refractivity contribution in [1.29, 1.82) is 0 Å². The van der Waals surface area contributed by atoms with Crippen molar-refractivity contribution >= 4 is 45.0 Å². The van der Waals surface area contributed by atoms with Gasteiger partial charge >= 0.3 is 0 Å². The molecule has 3 heterocycles. The van der Waals surface area contributed by atoms with Crippen LogP contribution in [-0.4, -0.2) is 26.4 Å². The van der Waals surface area contributed by atoms with Gasteiger partial charge < -0.3 is 9.84 Å². The van der Waals surface area contributed by atoms with Crippen LogP contribution < -0.4 is 10.9 Å². The summed E-state index contributed by atoms with van der Waals surface area (Å²) in [7, 11) is 0. The Morgan fingerprint density at radius 3 is 3.04 bits per heavy atom. The third-order valence-electron chi connectivity index (χ3n) is 4.92. The monoisotopic (exact) mass is 418 g/mol. The van der Waals surface area contributed by atoms with Gasteiger partial charge in [0.25, 0.3) is 5.56 Å². The average Bonchev–Trinajstić information content (AvgIpc) is 3.22. The number of carbonyl (C=O) groups excluding carboxylic acids is 1. The fourth-order valence-corrected chi connectivity index (χ4v) is 5.82. The number of hydrogen-bond acceptors (Lipinski definition) is 7. The second-order valence-corrected chi connectivity index (χ2v) is 9.16. The van der Waals surface area contributed by atoms with Gasteiger partial charge in [-0.15, -0.1) is 11.3 Å². The van der Waals surface area contributed by atoms with E-state index in [0.717, 1.165) is 29.5 Å². The van der Waals surface area contributed by atoms with Crippen LogP contribution in [0, 0.1) is 12.8 Å². The summed E-state index contributed by atoms with van der Waals surface area (Å²) in [5, 5.41) is 7.81. The SMILES string of the molecule is CCn1c(SCC(=O)Nc2cc(C)on2)nc2sc3c(c2c1=O)CC[C@H](C)C3. The summed E-state index contributed by atoms with van der Waals surface area (Å²) in [6, 6.07) is 1.66. The van der Waals surface area contributed by atoms with Crippen molar-refractivity contribution in [3.63, 3.8) is 0 Å². The van der Waals surface area contributed by atoms with Crippen LogP contribution in [0.3, 0.4) is 0 Å². The summed E-state index contributed by atoms with van der Waals surface area (Å²) < 4.78 is 6.62. The average molecular weight is 419 g/mol. The van der Waals surface area contributed by atoms with Crippen molar-refractivity contribution in [2.45, 2.75) is 51.7 Å². The number of rotatable bonds is 5. The van der Waals surface area contributed by atoms with E-state index < -0.39 is 0 Å². The lowest BCUT2D eigenvalue weighted by Crippen LogP contribution is -2.24. The first kappa shape index (κ1) is 19.2. The summed E-state index contributed by atoms with van der Waals surface area (Å²) >= 11 is 2.90.